The Morgan fingerprint density at radius 2 is 0.853 bits per heavy atom. The van der Waals surface area contributed by atoms with Crippen molar-refractivity contribution in [2.24, 2.45) is 19.5 Å². The molecule has 1 atom stereocenters. The highest BCUT2D eigenvalue weighted by Gasteiger charge is 2.51. The summed E-state index contributed by atoms with van der Waals surface area (Å²) in [5.74, 6) is 8.67. The molecule has 0 spiro atoms. The van der Waals surface area contributed by atoms with Crippen LogP contribution in [0.4, 0.5) is 5.69 Å². The smallest absolute Gasteiger partial charge is 0.428 e. The average molecular weight is 1260 g/mol. The summed E-state index contributed by atoms with van der Waals surface area (Å²) in [5.41, 5.74) is 15.7. The van der Waals surface area contributed by atoms with Gasteiger partial charge in [0.05, 0.1) is 39.3 Å². The minimum Gasteiger partial charge on any atom is -0.439 e. The Balaban J connectivity index is 0.000000110. The molecule has 5 aliphatic rings. The third-order valence-electron chi connectivity index (χ3n) is 19.6. The standard InChI is InChI=1S/C23H22BN3O.C20H28BN3O.2C15H16BN4O/c1-15-10-11-19-20-13-27(24(4)12-22(20)28-23(19)25-15)21-14-26(17(3)16(21)2)18-8-6-5-7-9-18;1-13-8-9-15-16-11-23(21(7)10-17(16)25-18(15)22-13)24-14(2)19(3,4)12-20(24,5)6;2*1-11-5-6-12-13-10-19(20-8-4-7-18(20)3)16(2)9-14(13)21-15(12)17-11/h5-14H,1-4H3;8-11,14H,12H2,1-7H3;2*4-10H,1-3H3/q;;2*+1. The van der Waals surface area contributed by atoms with Gasteiger partial charge in [0.2, 0.25) is 22.9 Å². The molecule has 18 nitrogen and oxygen atoms in total. The second-order valence-electron chi connectivity index (χ2n) is 27.6. The first-order valence-corrected chi connectivity index (χ1v) is 33.0. The topological polar surface area (TPSA) is 143 Å². The van der Waals surface area contributed by atoms with Gasteiger partial charge >= 0.3 is 13.7 Å². The lowest BCUT2D eigenvalue weighted by atomic mass is 9.61. The summed E-state index contributed by atoms with van der Waals surface area (Å²) < 4.78 is 30.2. The van der Waals surface area contributed by atoms with Crippen LogP contribution in [0.15, 0.2) is 140 Å². The summed E-state index contributed by atoms with van der Waals surface area (Å²) >= 11 is 0. The molecule has 17 rings (SSSR count). The zero-order valence-corrected chi connectivity index (χ0v) is 57.7. The normalized spacial score (nSPS) is 16.7. The number of hydrogen-bond acceptors (Lipinski definition) is 13. The van der Waals surface area contributed by atoms with Gasteiger partial charge in [-0.2, -0.15) is 9.36 Å². The molecule has 0 radical (unpaired) electrons. The Labute approximate surface area is 554 Å². The van der Waals surface area contributed by atoms with Gasteiger partial charge in [0.15, 0.2) is 0 Å². The first kappa shape index (κ1) is 62.5. The quantitative estimate of drug-likeness (QED) is 0.131. The van der Waals surface area contributed by atoms with Crippen LogP contribution < -0.4 is 66.6 Å². The molecule has 0 N–H and O–H groups in total. The number of anilines is 1. The molecule has 1 aromatic carbocycles. The van der Waals surface area contributed by atoms with E-state index in [0.29, 0.717) is 23.2 Å². The van der Waals surface area contributed by atoms with Crippen LogP contribution in [0.25, 0.3) is 98.8 Å². The van der Waals surface area contributed by atoms with E-state index in [-0.39, 0.29) is 38.3 Å². The van der Waals surface area contributed by atoms with Gasteiger partial charge < -0.3 is 32.0 Å². The first-order chi connectivity index (χ1) is 45.4. The van der Waals surface area contributed by atoms with E-state index in [1.165, 1.54) is 29.1 Å². The van der Waals surface area contributed by atoms with Crippen molar-refractivity contribution in [2.45, 2.75) is 121 Å². The molecule has 0 aliphatic carbocycles. The molecule has 12 aromatic rings. The van der Waals surface area contributed by atoms with Gasteiger partial charge in [-0.1, -0.05) is 55.3 Å². The number of hydrazine groups is 1. The fourth-order valence-electron chi connectivity index (χ4n) is 14.5. The maximum absolute atomic E-state index is 6.03. The molecule has 1 saturated heterocycles. The van der Waals surface area contributed by atoms with Crippen molar-refractivity contribution in [3.63, 3.8) is 0 Å². The van der Waals surface area contributed by atoms with E-state index in [9.17, 15) is 0 Å². The number of furan rings is 4. The number of aromatic nitrogens is 9. The number of aryl methyl sites for hydroxylation is 6. The Bertz CT molecular complexity index is 5390. The zero-order chi connectivity index (χ0) is 66.7. The molecular formula is C73H82B4N14O4+2. The van der Waals surface area contributed by atoms with Crippen LogP contribution in [0.1, 0.15) is 75.1 Å². The fourth-order valence-corrected chi connectivity index (χ4v) is 14.5. The molecule has 11 aromatic heterocycles. The average Bonchev–Trinajstić information content (AvgIpc) is 1.60. The molecule has 16 heterocycles. The predicted octanol–water partition coefficient (Wildman–Crippen LogP) is 6.87. The third kappa shape index (κ3) is 11.3. The lowest BCUT2D eigenvalue weighted by Crippen LogP contribution is -2.58. The number of hydrogen-bond donors (Lipinski definition) is 0. The number of fused-ring (bicyclic) bond motifs is 12. The largest absolute Gasteiger partial charge is 0.439 e. The highest BCUT2D eigenvalue weighted by atomic mass is 16.3. The molecule has 95 heavy (non-hydrogen) atoms. The molecular weight excluding hydrogens is 1180 g/mol. The Morgan fingerprint density at radius 1 is 0.474 bits per heavy atom. The molecule has 478 valence electrons. The summed E-state index contributed by atoms with van der Waals surface area (Å²) in [6.07, 6.45) is 20.3. The molecule has 0 bridgehead atoms. The third-order valence-corrected chi connectivity index (χ3v) is 19.6. The van der Waals surface area contributed by atoms with Crippen molar-refractivity contribution in [1.82, 2.24) is 44.0 Å². The van der Waals surface area contributed by atoms with Gasteiger partial charge in [0.1, 0.15) is 60.6 Å². The molecule has 1 fully saturated rings. The highest BCUT2D eigenvalue weighted by molar-refractivity contribution is 6.77. The van der Waals surface area contributed by atoms with Crippen LogP contribution in [0, 0.1) is 47.0 Å². The van der Waals surface area contributed by atoms with Crippen LogP contribution in [-0.4, -0.2) is 83.0 Å². The van der Waals surface area contributed by atoms with Gasteiger partial charge in [0, 0.05) is 97.7 Å². The van der Waals surface area contributed by atoms with E-state index in [4.69, 9.17) is 17.7 Å². The number of benzene rings is 1. The van der Waals surface area contributed by atoms with E-state index in [0.717, 1.165) is 92.6 Å². The van der Waals surface area contributed by atoms with Crippen molar-refractivity contribution >= 4 is 126 Å². The van der Waals surface area contributed by atoms with Gasteiger partial charge in [-0.15, -0.1) is 0 Å². The van der Waals surface area contributed by atoms with E-state index in [1.807, 2.05) is 112 Å². The summed E-state index contributed by atoms with van der Waals surface area (Å²) in [6.45, 7) is 33.7. The molecule has 1 unspecified atom stereocenters. The van der Waals surface area contributed by atoms with Gasteiger partial charge in [-0.05, 0) is 178 Å². The number of rotatable bonds is 5. The van der Waals surface area contributed by atoms with Crippen LogP contribution >= 0.6 is 0 Å². The Morgan fingerprint density at radius 3 is 1.23 bits per heavy atom. The lowest BCUT2D eigenvalue weighted by molar-refractivity contribution is -0.750. The van der Waals surface area contributed by atoms with Crippen LogP contribution in [0.3, 0.4) is 0 Å². The summed E-state index contributed by atoms with van der Waals surface area (Å²) in [7, 11) is 4.04. The van der Waals surface area contributed by atoms with E-state index in [1.54, 1.807) is 0 Å². The fraction of sp³-hybridized carbons (Fsp3) is 0.288. The summed E-state index contributed by atoms with van der Waals surface area (Å²) in [5, 5.41) is 11.3. The van der Waals surface area contributed by atoms with Crippen LogP contribution in [0.5, 0.6) is 0 Å². The maximum Gasteiger partial charge on any atom is 0.428 e. The SMILES string of the molecule is CB1C=c2oc3nc(C)ccc3c2=CN1N1C(C)C(C)(C)CC1(C)C.CB1C=c2oc3nc(C)ccc3c2=CN1c1cn(-c2ccccc2)c(C)c1C.CB1C=c2oc3nc(C)ccc3c2=CN1n1ccc[n+]1C.CB1C=c2oc3nc(C)ccc3c2=CN1n1ccc[n+]1C. The molecule has 22 heteroatoms. The second-order valence-corrected chi connectivity index (χ2v) is 27.6. The van der Waals surface area contributed by atoms with E-state index < -0.39 is 0 Å². The van der Waals surface area contributed by atoms with Crippen molar-refractivity contribution in [1.29, 1.82) is 0 Å². The Kier molecular flexibility index (Phi) is 15.7. The zero-order valence-electron chi connectivity index (χ0n) is 57.7. The molecule has 5 aliphatic heterocycles. The maximum atomic E-state index is 6.03. The first-order valence-electron chi connectivity index (χ1n) is 33.0. The number of nitrogens with zero attached hydrogens (tertiary/aromatic N) is 14. The van der Waals surface area contributed by atoms with Gasteiger partial charge in [0.25, 0.3) is 13.7 Å². The minimum absolute atomic E-state index is 0.118. The summed E-state index contributed by atoms with van der Waals surface area (Å²) in [4.78, 5) is 31.3. The van der Waals surface area contributed by atoms with Crippen molar-refractivity contribution in [3.05, 3.63) is 199 Å². The van der Waals surface area contributed by atoms with Gasteiger partial charge in [-0.25, -0.2) is 34.8 Å². The number of pyridine rings is 4. The van der Waals surface area contributed by atoms with Crippen LogP contribution in [-0.2, 0) is 14.1 Å². The van der Waals surface area contributed by atoms with Gasteiger partial charge in [-0.3, -0.25) is 0 Å². The van der Waals surface area contributed by atoms with Crippen molar-refractivity contribution in [2.75, 3.05) is 14.7 Å². The second kappa shape index (κ2) is 23.8. The molecule has 0 saturated carbocycles. The number of para-hydroxylation sites is 1. The molecule has 0 amide bonds. The van der Waals surface area contributed by atoms with E-state index in [2.05, 4.69) is 244 Å². The van der Waals surface area contributed by atoms with Crippen molar-refractivity contribution < 1.29 is 27.0 Å². The van der Waals surface area contributed by atoms with Crippen molar-refractivity contribution in [3.8, 4) is 5.69 Å². The Hall–Kier alpha value is -9.94. The summed E-state index contributed by atoms with van der Waals surface area (Å²) in [6, 6.07) is 31.5. The van der Waals surface area contributed by atoms with E-state index >= 15 is 0 Å². The lowest BCUT2D eigenvalue weighted by Gasteiger charge is -2.46. The highest BCUT2D eigenvalue weighted by Crippen LogP contribution is 2.47. The predicted molar refractivity (Wildman–Crippen MR) is 385 cm³/mol. The van der Waals surface area contributed by atoms with Crippen LogP contribution in [0.2, 0.25) is 27.3 Å². The monoisotopic (exact) mass is 1260 g/mol. The minimum atomic E-state index is 0.118.